The van der Waals surface area contributed by atoms with Gasteiger partial charge in [-0.05, 0) is 54.8 Å². The Labute approximate surface area is 132 Å². The van der Waals surface area contributed by atoms with Crippen molar-refractivity contribution in [2.75, 3.05) is 13.7 Å². The molecule has 0 aliphatic carbocycles. The van der Waals surface area contributed by atoms with Crippen LogP contribution in [-0.2, 0) is 6.54 Å². The predicted octanol–water partition coefficient (Wildman–Crippen LogP) is 4.74. The van der Waals surface area contributed by atoms with Crippen LogP contribution in [0.3, 0.4) is 0 Å². The van der Waals surface area contributed by atoms with Gasteiger partial charge < -0.3 is 10.1 Å². The van der Waals surface area contributed by atoms with E-state index in [0.29, 0.717) is 0 Å². The highest BCUT2D eigenvalue weighted by molar-refractivity contribution is 6.31. The van der Waals surface area contributed by atoms with Crippen molar-refractivity contribution in [3.63, 3.8) is 0 Å². The molecule has 0 aliphatic rings. The van der Waals surface area contributed by atoms with E-state index in [1.54, 1.807) is 7.11 Å². The minimum Gasteiger partial charge on any atom is -0.496 e. The molecule has 1 N–H and O–H groups in total. The van der Waals surface area contributed by atoms with Crippen LogP contribution in [0.4, 0.5) is 0 Å². The Bertz CT molecular complexity index is 637. The topological polar surface area (TPSA) is 21.3 Å². The lowest BCUT2D eigenvalue weighted by Gasteiger charge is -2.15. The van der Waals surface area contributed by atoms with Gasteiger partial charge in [-0.1, -0.05) is 36.7 Å². The molecule has 0 atom stereocenters. The molecule has 0 fully saturated rings. The molecular weight excluding hydrogens is 282 g/mol. The third kappa shape index (κ3) is 3.58. The van der Waals surface area contributed by atoms with Crippen molar-refractivity contribution in [1.29, 1.82) is 0 Å². The monoisotopic (exact) mass is 303 g/mol. The van der Waals surface area contributed by atoms with E-state index >= 15 is 0 Å². The number of benzene rings is 2. The molecule has 112 valence electrons. The first-order chi connectivity index (χ1) is 10.1. The zero-order valence-electron chi connectivity index (χ0n) is 13.1. The van der Waals surface area contributed by atoms with Crippen LogP contribution < -0.4 is 10.1 Å². The van der Waals surface area contributed by atoms with Gasteiger partial charge in [-0.25, -0.2) is 0 Å². The van der Waals surface area contributed by atoms with E-state index < -0.39 is 0 Å². The Morgan fingerprint density at radius 3 is 2.52 bits per heavy atom. The normalized spacial score (nSPS) is 10.7. The molecule has 0 radical (unpaired) electrons. The Kier molecular flexibility index (Phi) is 5.27. The number of hydrogen-bond donors (Lipinski definition) is 1. The minimum absolute atomic E-state index is 0.787. The zero-order chi connectivity index (χ0) is 15.4. The lowest BCUT2D eigenvalue weighted by Crippen LogP contribution is -2.11. The average molecular weight is 304 g/mol. The van der Waals surface area contributed by atoms with Gasteiger partial charge in [-0.3, -0.25) is 0 Å². The van der Waals surface area contributed by atoms with Crippen molar-refractivity contribution >= 4 is 11.6 Å². The second-order valence-corrected chi connectivity index (χ2v) is 5.65. The largest absolute Gasteiger partial charge is 0.496 e. The van der Waals surface area contributed by atoms with Gasteiger partial charge >= 0.3 is 0 Å². The third-order valence-electron chi connectivity index (χ3n) is 3.57. The highest BCUT2D eigenvalue weighted by atomic mass is 35.5. The summed E-state index contributed by atoms with van der Waals surface area (Å²) in [7, 11) is 1.71. The second kappa shape index (κ2) is 6.97. The van der Waals surface area contributed by atoms with E-state index in [1.165, 1.54) is 11.1 Å². The quantitative estimate of drug-likeness (QED) is 0.861. The number of methoxy groups -OCH3 is 1. The molecule has 0 saturated carbocycles. The molecule has 0 amide bonds. The lowest BCUT2D eigenvalue weighted by molar-refractivity contribution is 0.416. The van der Waals surface area contributed by atoms with E-state index in [4.69, 9.17) is 16.3 Å². The van der Waals surface area contributed by atoms with E-state index in [9.17, 15) is 0 Å². The first kappa shape index (κ1) is 15.9. The van der Waals surface area contributed by atoms with E-state index in [2.05, 4.69) is 50.4 Å². The van der Waals surface area contributed by atoms with Crippen molar-refractivity contribution in [1.82, 2.24) is 5.32 Å². The number of halogens is 1. The average Bonchev–Trinajstić information content (AvgIpc) is 2.45. The maximum Gasteiger partial charge on any atom is 0.127 e. The van der Waals surface area contributed by atoms with Crippen LogP contribution in [0.5, 0.6) is 5.75 Å². The van der Waals surface area contributed by atoms with Crippen molar-refractivity contribution in [2.45, 2.75) is 27.3 Å². The number of ether oxygens (including phenoxy) is 1. The molecule has 2 aromatic rings. The van der Waals surface area contributed by atoms with Crippen molar-refractivity contribution in [2.24, 2.45) is 0 Å². The van der Waals surface area contributed by atoms with Crippen LogP contribution >= 0.6 is 11.6 Å². The number of hydrogen-bond acceptors (Lipinski definition) is 2. The standard InChI is InChI=1S/C18H22ClNO/c1-5-20-11-15-7-6-14(10-16(15)19)18-13(3)8-12(2)9-17(18)21-4/h6-10,20H,5,11H2,1-4H3. The molecule has 21 heavy (non-hydrogen) atoms. The first-order valence-corrected chi connectivity index (χ1v) is 7.59. The second-order valence-electron chi connectivity index (χ2n) is 5.25. The van der Waals surface area contributed by atoms with Crippen molar-refractivity contribution in [3.05, 3.63) is 52.0 Å². The fraction of sp³-hybridized carbons (Fsp3) is 0.333. The highest BCUT2D eigenvalue weighted by Gasteiger charge is 2.12. The summed E-state index contributed by atoms with van der Waals surface area (Å²) < 4.78 is 5.54. The summed E-state index contributed by atoms with van der Waals surface area (Å²) in [5.74, 6) is 0.892. The van der Waals surface area contributed by atoms with Gasteiger partial charge in [-0.2, -0.15) is 0 Å². The molecule has 2 rings (SSSR count). The maximum atomic E-state index is 6.41. The van der Waals surface area contributed by atoms with Crippen LogP contribution in [-0.4, -0.2) is 13.7 Å². The summed E-state index contributed by atoms with van der Waals surface area (Å²) in [5.41, 5.74) is 5.71. The molecule has 3 heteroatoms. The molecule has 0 saturated heterocycles. The van der Waals surface area contributed by atoms with Gasteiger partial charge in [0.1, 0.15) is 5.75 Å². The number of rotatable bonds is 5. The van der Waals surface area contributed by atoms with Gasteiger partial charge in [0.15, 0.2) is 0 Å². The maximum absolute atomic E-state index is 6.41. The van der Waals surface area contributed by atoms with Gasteiger partial charge in [0.05, 0.1) is 7.11 Å². The van der Waals surface area contributed by atoms with Gasteiger partial charge in [0, 0.05) is 17.1 Å². The van der Waals surface area contributed by atoms with Crippen LogP contribution in [0.15, 0.2) is 30.3 Å². The van der Waals surface area contributed by atoms with Crippen LogP contribution in [0.1, 0.15) is 23.6 Å². The fourth-order valence-corrected chi connectivity index (χ4v) is 2.81. The van der Waals surface area contributed by atoms with Crippen LogP contribution in [0, 0.1) is 13.8 Å². The van der Waals surface area contributed by atoms with E-state index in [-0.39, 0.29) is 0 Å². The van der Waals surface area contributed by atoms with E-state index in [1.807, 2.05) is 6.07 Å². The third-order valence-corrected chi connectivity index (χ3v) is 3.92. The minimum atomic E-state index is 0.787. The molecule has 0 bridgehead atoms. The van der Waals surface area contributed by atoms with E-state index in [0.717, 1.165) is 40.6 Å². The molecule has 0 unspecified atom stereocenters. The molecule has 0 spiro atoms. The molecule has 2 nitrogen and oxygen atoms in total. The molecular formula is C18H22ClNO. The first-order valence-electron chi connectivity index (χ1n) is 7.21. The Hall–Kier alpha value is -1.51. The molecule has 2 aromatic carbocycles. The number of nitrogens with one attached hydrogen (secondary N) is 1. The summed E-state index contributed by atoms with van der Waals surface area (Å²) in [6.07, 6.45) is 0. The van der Waals surface area contributed by atoms with Gasteiger partial charge in [0.25, 0.3) is 0 Å². The lowest BCUT2D eigenvalue weighted by atomic mass is 9.96. The summed E-state index contributed by atoms with van der Waals surface area (Å²) in [6, 6.07) is 10.4. The summed E-state index contributed by atoms with van der Waals surface area (Å²) in [4.78, 5) is 0. The summed E-state index contributed by atoms with van der Waals surface area (Å²) in [6.45, 7) is 7.99. The summed E-state index contributed by atoms with van der Waals surface area (Å²) in [5, 5.41) is 4.08. The highest BCUT2D eigenvalue weighted by Crippen LogP contribution is 2.36. The predicted molar refractivity (Wildman–Crippen MR) is 90.3 cm³/mol. The SMILES string of the molecule is CCNCc1ccc(-c2c(C)cc(C)cc2OC)cc1Cl. The molecule has 0 heterocycles. The zero-order valence-corrected chi connectivity index (χ0v) is 13.8. The van der Waals surface area contributed by atoms with Crippen LogP contribution in [0.2, 0.25) is 5.02 Å². The molecule has 0 aromatic heterocycles. The summed E-state index contributed by atoms with van der Waals surface area (Å²) >= 11 is 6.41. The number of aryl methyl sites for hydroxylation is 2. The van der Waals surface area contributed by atoms with Crippen molar-refractivity contribution in [3.8, 4) is 16.9 Å². The smallest absolute Gasteiger partial charge is 0.127 e. The van der Waals surface area contributed by atoms with Gasteiger partial charge in [0.2, 0.25) is 0 Å². The van der Waals surface area contributed by atoms with Crippen LogP contribution in [0.25, 0.3) is 11.1 Å². The van der Waals surface area contributed by atoms with Gasteiger partial charge in [-0.15, -0.1) is 0 Å². The Morgan fingerprint density at radius 2 is 1.90 bits per heavy atom. The van der Waals surface area contributed by atoms with Crippen molar-refractivity contribution < 1.29 is 4.74 Å². The Morgan fingerprint density at radius 1 is 1.14 bits per heavy atom. The molecule has 0 aliphatic heterocycles. The Balaban J connectivity index is 2.45. The fourth-order valence-electron chi connectivity index (χ4n) is 2.57.